The van der Waals surface area contributed by atoms with Crippen LogP contribution in [0.4, 0.5) is 5.82 Å². The fraction of sp³-hybridized carbons (Fsp3) is 0.333. The summed E-state index contributed by atoms with van der Waals surface area (Å²) in [5, 5.41) is 0. The van der Waals surface area contributed by atoms with Gasteiger partial charge in [-0.25, -0.2) is 9.97 Å². The van der Waals surface area contributed by atoms with Gasteiger partial charge in [0.15, 0.2) is 0 Å². The quantitative estimate of drug-likeness (QED) is 0.918. The van der Waals surface area contributed by atoms with E-state index < -0.39 is 0 Å². The zero-order chi connectivity index (χ0) is 14.0. The predicted molar refractivity (Wildman–Crippen MR) is 77.3 cm³/mol. The van der Waals surface area contributed by atoms with E-state index in [1.807, 2.05) is 26.0 Å². The third-order valence-electron chi connectivity index (χ3n) is 3.18. The van der Waals surface area contributed by atoms with Crippen molar-refractivity contribution in [3.8, 4) is 16.9 Å². The molecule has 0 saturated carbocycles. The Labute approximate surface area is 113 Å². The predicted octanol–water partition coefficient (Wildman–Crippen LogP) is 2.91. The highest BCUT2D eigenvalue weighted by Gasteiger charge is 2.12. The molecule has 4 heteroatoms. The van der Waals surface area contributed by atoms with Crippen molar-refractivity contribution in [2.45, 2.75) is 27.2 Å². The number of benzene rings is 1. The normalized spacial score (nSPS) is 10.5. The summed E-state index contributed by atoms with van der Waals surface area (Å²) in [6, 6.07) is 6.05. The maximum absolute atomic E-state index is 6.03. The lowest BCUT2D eigenvalue weighted by molar-refractivity contribution is 0.410. The van der Waals surface area contributed by atoms with Crippen LogP contribution in [-0.2, 0) is 6.42 Å². The van der Waals surface area contributed by atoms with Gasteiger partial charge in [0.1, 0.15) is 17.4 Å². The molecule has 0 aliphatic carbocycles. The number of methoxy groups -OCH3 is 1. The van der Waals surface area contributed by atoms with Gasteiger partial charge in [-0.1, -0.05) is 13.0 Å². The molecule has 0 unspecified atom stereocenters. The largest absolute Gasteiger partial charge is 0.496 e. The summed E-state index contributed by atoms with van der Waals surface area (Å²) in [7, 11) is 1.68. The average molecular weight is 257 g/mol. The molecule has 0 aliphatic rings. The molecular formula is C15H19N3O. The summed E-state index contributed by atoms with van der Waals surface area (Å²) < 4.78 is 5.34. The van der Waals surface area contributed by atoms with Crippen LogP contribution < -0.4 is 10.5 Å². The summed E-state index contributed by atoms with van der Waals surface area (Å²) in [6.07, 6.45) is 0.905. The molecule has 0 bridgehead atoms. The van der Waals surface area contributed by atoms with E-state index in [0.29, 0.717) is 11.6 Å². The van der Waals surface area contributed by atoms with E-state index in [1.165, 1.54) is 0 Å². The van der Waals surface area contributed by atoms with Crippen molar-refractivity contribution in [3.05, 3.63) is 35.3 Å². The van der Waals surface area contributed by atoms with Crippen molar-refractivity contribution >= 4 is 5.82 Å². The molecule has 0 radical (unpaired) electrons. The van der Waals surface area contributed by atoms with Crippen LogP contribution in [0.3, 0.4) is 0 Å². The van der Waals surface area contributed by atoms with E-state index in [0.717, 1.165) is 34.6 Å². The molecular weight excluding hydrogens is 238 g/mol. The van der Waals surface area contributed by atoms with Crippen molar-refractivity contribution in [3.63, 3.8) is 0 Å². The van der Waals surface area contributed by atoms with Gasteiger partial charge in [-0.05, 0) is 43.5 Å². The number of rotatable bonds is 3. The van der Waals surface area contributed by atoms with Gasteiger partial charge in [0.2, 0.25) is 0 Å². The third kappa shape index (κ3) is 2.52. The molecule has 0 aliphatic heterocycles. The molecule has 0 saturated heterocycles. The number of anilines is 1. The number of nitrogens with zero attached hydrogens (tertiary/aromatic N) is 2. The van der Waals surface area contributed by atoms with E-state index in [2.05, 4.69) is 23.0 Å². The molecule has 2 N–H and O–H groups in total. The fourth-order valence-corrected chi connectivity index (χ4v) is 2.31. The monoisotopic (exact) mass is 257 g/mol. The minimum atomic E-state index is 0.525. The molecule has 0 spiro atoms. The average Bonchev–Trinajstić information content (AvgIpc) is 2.37. The Bertz CT molecular complexity index is 585. The molecule has 0 amide bonds. The van der Waals surface area contributed by atoms with Gasteiger partial charge in [-0.3, -0.25) is 0 Å². The molecule has 19 heavy (non-hydrogen) atoms. The smallest absolute Gasteiger partial charge is 0.135 e. The molecule has 0 atom stereocenters. The number of aryl methyl sites for hydroxylation is 3. The van der Waals surface area contributed by atoms with Crippen molar-refractivity contribution in [1.82, 2.24) is 9.97 Å². The van der Waals surface area contributed by atoms with Crippen LogP contribution in [0.15, 0.2) is 18.2 Å². The molecule has 1 aromatic carbocycles. The van der Waals surface area contributed by atoms with Crippen LogP contribution in [0, 0.1) is 13.8 Å². The summed E-state index contributed by atoms with van der Waals surface area (Å²) in [5.74, 6) is 2.12. The Morgan fingerprint density at radius 2 is 1.95 bits per heavy atom. The molecule has 1 heterocycles. The maximum Gasteiger partial charge on any atom is 0.135 e. The standard InChI is InChI=1S/C15H19N3O/c1-5-11-8-12(6-7-13(11)19-4)14-9(2)17-10(3)18-15(14)16/h6-8H,5H2,1-4H3,(H2,16,17,18). The Morgan fingerprint density at radius 1 is 1.21 bits per heavy atom. The van der Waals surface area contributed by atoms with Gasteiger partial charge in [-0.2, -0.15) is 0 Å². The Hall–Kier alpha value is -2.10. The van der Waals surface area contributed by atoms with E-state index in [-0.39, 0.29) is 0 Å². The number of nitrogens with two attached hydrogens (primary N) is 1. The van der Waals surface area contributed by atoms with Crippen molar-refractivity contribution in [2.24, 2.45) is 0 Å². The fourth-order valence-electron chi connectivity index (χ4n) is 2.31. The van der Waals surface area contributed by atoms with Crippen molar-refractivity contribution < 1.29 is 4.74 Å². The lowest BCUT2D eigenvalue weighted by Gasteiger charge is -2.12. The number of nitrogen functional groups attached to an aromatic ring is 1. The van der Waals surface area contributed by atoms with Crippen molar-refractivity contribution in [2.75, 3.05) is 12.8 Å². The highest BCUT2D eigenvalue weighted by atomic mass is 16.5. The van der Waals surface area contributed by atoms with Crippen LogP contribution in [0.2, 0.25) is 0 Å². The third-order valence-corrected chi connectivity index (χ3v) is 3.18. The number of hydrogen-bond donors (Lipinski definition) is 1. The van der Waals surface area contributed by atoms with Crippen LogP contribution in [0.25, 0.3) is 11.1 Å². The van der Waals surface area contributed by atoms with E-state index in [1.54, 1.807) is 7.11 Å². The lowest BCUT2D eigenvalue weighted by atomic mass is 10.0. The Morgan fingerprint density at radius 3 is 2.53 bits per heavy atom. The topological polar surface area (TPSA) is 61.0 Å². The molecule has 2 rings (SSSR count). The molecule has 0 fully saturated rings. The number of aromatic nitrogens is 2. The van der Waals surface area contributed by atoms with Gasteiger partial charge >= 0.3 is 0 Å². The lowest BCUT2D eigenvalue weighted by Crippen LogP contribution is -2.02. The minimum absolute atomic E-state index is 0.525. The Kier molecular flexibility index (Phi) is 3.69. The van der Waals surface area contributed by atoms with Crippen molar-refractivity contribution in [1.29, 1.82) is 0 Å². The second kappa shape index (κ2) is 5.26. The highest BCUT2D eigenvalue weighted by Crippen LogP contribution is 2.31. The molecule has 100 valence electrons. The first-order chi connectivity index (χ1) is 9.06. The first-order valence-electron chi connectivity index (χ1n) is 6.34. The second-order valence-electron chi connectivity index (χ2n) is 4.50. The highest BCUT2D eigenvalue weighted by molar-refractivity contribution is 5.76. The van der Waals surface area contributed by atoms with Crippen LogP contribution in [0.1, 0.15) is 24.0 Å². The van der Waals surface area contributed by atoms with E-state index >= 15 is 0 Å². The maximum atomic E-state index is 6.03. The summed E-state index contributed by atoms with van der Waals surface area (Å²) in [6.45, 7) is 5.90. The van der Waals surface area contributed by atoms with Crippen LogP contribution in [-0.4, -0.2) is 17.1 Å². The van der Waals surface area contributed by atoms with Gasteiger partial charge in [0.25, 0.3) is 0 Å². The summed E-state index contributed by atoms with van der Waals surface area (Å²) in [4.78, 5) is 8.63. The van der Waals surface area contributed by atoms with Gasteiger partial charge < -0.3 is 10.5 Å². The van der Waals surface area contributed by atoms with Crippen LogP contribution >= 0.6 is 0 Å². The van der Waals surface area contributed by atoms with Gasteiger partial charge in [-0.15, -0.1) is 0 Å². The zero-order valence-corrected chi connectivity index (χ0v) is 11.8. The van der Waals surface area contributed by atoms with E-state index in [4.69, 9.17) is 10.5 Å². The number of hydrogen-bond acceptors (Lipinski definition) is 4. The summed E-state index contributed by atoms with van der Waals surface area (Å²) >= 11 is 0. The first-order valence-corrected chi connectivity index (χ1v) is 6.34. The molecule has 1 aromatic heterocycles. The van der Waals surface area contributed by atoms with Gasteiger partial charge in [0.05, 0.1) is 12.8 Å². The van der Waals surface area contributed by atoms with Crippen LogP contribution in [0.5, 0.6) is 5.75 Å². The SMILES string of the molecule is CCc1cc(-c2c(C)nc(C)nc2N)ccc1OC. The van der Waals surface area contributed by atoms with E-state index in [9.17, 15) is 0 Å². The zero-order valence-electron chi connectivity index (χ0n) is 11.8. The molecule has 4 nitrogen and oxygen atoms in total. The van der Waals surface area contributed by atoms with Gasteiger partial charge in [0, 0.05) is 5.56 Å². The molecule has 2 aromatic rings. The summed E-state index contributed by atoms with van der Waals surface area (Å²) in [5.41, 5.74) is 10.0. The second-order valence-corrected chi connectivity index (χ2v) is 4.50. The minimum Gasteiger partial charge on any atom is -0.496 e. The Balaban J connectivity index is 2.59. The first kappa shape index (κ1) is 13.3. The number of ether oxygens (including phenoxy) is 1.